The van der Waals surface area contributed by atoms with Gasteiger partial charge in [0, 0.05) is 6.42 Å². The lowest BCUT2D eigenvalue weighted by atomic mass is 9.72. The molecule has 124 valence electrons. The summed E-state index contributed by atoms with van der Waals surface area (Å²) >= 11 is 0. The second kappa shape index (κ2) is 7.99. The minimum absolute atomic E-state index is 0.347. The van der Waals surface area contributed by atoms with Gasteiger partial charge in [-0.15, -0.1) is 0 Å². The Labute approximate surface area is 140 Å². The highest BCUT2D eigenvalue weighted by Gasteiger charge is 2.38. The molecule has 1 N–H and O–H groups in total. The average Bonchev–Trinajstić information content (AvgIpc) is 3.13. The van der Waals surface area contributed by atoms with E-state index >= 15 is 0 Å². The van der Waals surface area contributed by atoms with Crippen LogP contribution in [0.25, 0.3) is 0 Å². The predicted molar refractivity (Wildman–Crippen MR) is 95.0 cm³/mol. The molecule has 23 heavy (non-hydrogen) atoms. The van der Waals surface area contributed by atoms with Crippen LogP contribution in [0.5, 0.6) is 0 Å². The summed E-state index contributed by atoms with van der Waals surface area (Å²) < 4.78 is 0. The van der Waals surface area contributed by atoms with Gasteiger partial charge in [0.1, 0.15) is 5.60 Å². The van der Waals surface area contributed by atoms with Crippen LogP contribution in [0, 0.1) is 17.8 Å². The van der Waals surface area contributed by atoms with Gasteiger partial charge in [0.2, 0.25) is 0 Å². The van der Waals surface area contributed by atoms with Crippen molar-refractivity contribution in [2.45, 2.75) is 57.0 Å². The van der Waals surface area contributed by atoms with Gasteiger partial charge in [-0.2, -0.15) is 0 Å². The van der Waals surface area contributed by atoms with Gasteiger partial charge < -0.3 is 5.11 Å². The van der Waals surface area contributed by atoms with Crippen molar-refractivity contribution in [3.63, 3.8) is 0 Å². The van der Waals surface area contributed by atoms with Crippen LogP contribution in [-0.2, 0) is 5.60 Å². The molecule has 0 unspecified atom stereocenters. The van der Waals surface area contributed by atoms with E-state index in [-0.39, 0.29) is 0 Å². The molecule has 1 aliphatic heterocycles. The van der Waals surface area contributed by atoms with Gasteiger partial charge in [-0.25, -0.2) is 0 Å². The minimum Gasteiger partial charge on any atom is -0.384 e. The fraction of sp³-hybridized carbons (Fsp3) is 0.619. The van der Waals surface area contributed by atoms with Crippen LogP contribution in [0.4, 0.5) is 0 Å². The summed E-state index contributed by atoms with van der Waals surface area (Å²) in [6, 6.07) is 10.2. The van der Waals surface area contributed by atoms with E-state index in [4.69, 9.17) is 0 Å². The van der Waals surface area contributed by atoms with Crippen molar-refractivity contribution in [2.75, 3.05) is 19.6 Å². The molecule has 2 fully saturated rings. The largest absolute Gasteiger partial charge is 0.384 e. The van der Waals surface area contributed by atoms with Crippen molar-refractivity contribution >= 4 is 0 Å². The zero-order chi connectivity index (χ0) is 16.0. The molecular weight excluding hydrogens is 282 g/mol. The first kappa shape index (κ1) is 16.6. The molecule has 1 saturated heterocycles. The van der Waals surface area contributed by atoms with Crippen molar-refractivity contribution in [2.24, 2.45) is 5.92 Å². The highest BCUT2D eigenvalue weighted by Crippen LogP contribution is 2.41. The van der Waals surface area contributed by atoms with E-state index in [1.807, 2.05) is 18.2 Å². The molecule has 0 bridgehead atoms. The normalized spacial score (nSPS) is 22.3. The lowest BCUT2D eigenvalue weighted by molar-refractivity contribution is -0.0344. The molecule has 1 heterocycles. The summed E-state index contributed by atoms with van der Waals surface area (Å²) in [5.41, 5.74) is 0.266. The molecule has 0 amide bonds. The Kier molecular flexibility index (Phi) is 5.75. The molecule has 0 aromatic heterocycles. The number of hydrogen-bond acceptors (Lipinski definition) is 2. The first-order valence-electron chi connectivity index (χ1n) is 9.25. The number of rotatable bonds is 4. The number of likely N-dealkylation sites (tertiary alicyclic amines) is 1. The van der Waals surface area contributed by atoms with Crippen LogP contribution in [0.2, 0.25) is 0 Å². The third-order valence-electron chi connectivity index (χ3n) is 5.54. The van der Waals surface area contributed by atoms with E-state index in [1.54, 1.807) is 0 Å². The lowest BCUT2D eigenvalue weighted by Crippen LogP contribution is -2.36. The summed E-state index contributed by atoms with van der Waals surface area (Å²) in [5.74, 6) is 6.96. The third-order valence-corrected chi connectivity index (χ3v) is 5.54. The fourth-order valence-corrected chi connectivity index (χ4v) is 4.09. The van der Waals surface area contributed by atoms with E-state index in [1.165, 1.54) is 45.2 Å². The molecule has 2 heteroatoms. The average molecular weight is 311 g/mol. The summed E-state index contributed by atoms with van der Waals surface area (Å²) in [7, 11) is 0. The smallest absolute Gasteiger partial charge is 0.103 e. The molecule has 2 aliphatic rings. The van der Waals surface area contributed by atoms with Crippen LogP contribution in [0.1, 0.15) is 56.9 Å². The summed E-state index contributed by atoms with van der Waals surface area (Å²) in [6.45, 7) is 3.22. The molecule has 1 aromatic rings. The standard InChI is InChI=1S/C21H29NO/c23-21(19-11-3-1-4-12-19,20-13-5-2-6-14-20)15-7-8-16-22-17-9-10-18-22/h1,3-4,11-12,20,23H,2,5-6,9-10,13-18H2/t21-/m1/s1. The summed E-state index contributed by atoms with van der Waals surface area (Å²) in [5, 5.41) is 11.5. The number of hydrogen-bond donors (Lipinski definition) is 1. The first-order valence-corrected chi connectivity index (χ1v) is 9.25. The van der Waals surface area contributed by atoms with Crippen LogP contribution >= 0.6 is 0 Å². The van der Waals surface area contributed by atoms with Crippen molar-refractivity contribution in [3.8, 4) is 11.8 Å². The van der Waals surface area contributed by atoms with E-state index in [9.17, 15) is 5.11 Å². The van der Waals surface area contributed by atoms with E-state index < -0.39 is 5.60 Å². The fourth-order valence-electron chi connectivity index (χ4n) is 4.09. The van der Waals surface area contributed by atoms with Gasteiger partial charge in [0.05, 0.1) is 6.54 Å². The second-order valence-electron chi connectivity index (χ2n) is 7.14. The van der Waals surface area contributed by atoms with Crippen LogP contribution in [0.15, 0.2) is 30.3 Å². The maximum atomic E-state index is 11.5. The first-order chi connectivity index (χ1) is 11.3. The van der Waals surface area contributed by atoms with Crippen LogP contribution in [0.3, 0.4) is 0 Å². The van der Waals surface area contributed by atoms with E-state index in [0.717, 1.165) is 24.9 Å². The zero-order valence-corrected chi connectivity index (χ0v) is 14.1. The van der Waals surface area contributed by atoms with E-state index in [0.29, 0.717) is 12.3 Å². The quantitative estimate of drug-likeness (QED) is 0.851. The van der Waals surface area contributed by atoms with Crippen molar-refractivity contribution in [1.29, 1.82) is 0 Å². The maximum Gasteiger partial charge on any atom is 0.103 e. The van der Waals surface area contributed by atoms with E-state index in [2.05, 4.69) is 28.9 Å². The molecule has 3 rings (SSSR count). The van der Waals surface area contributed by atoms with Gasteiger partial charge in [-0.3, -0.25) is 4.90 Å². The minimum atomic E-state index is -0.778. The molecule has 0 radical (unpaired) electrons. The molecule has 1 aliphatic carbocycles. The molecule has 0 spiro atoms. The third kappa shape index (κ3) is 4.16. The topological polar surface area (TPSA) is 23.5 Å². The van der Waals surface area contributed by atoms with Gasteiger partial charge in [-0.05, 0) is 50.3 Å². The number of benzene rings is 1. The Morgan fingerprint density at radius 1 is 0.957 bits per heavy atom. The lowest BCUT2D eigenvalue weighted by Gasteiger charge is -2.38. The van der Waals surface area contributed by atoms with Crippen LogP contribution < -0.4 is 0 Å². The van der Waals surface area contributed by atoms with Gasteiger partial charge in [0.25, 0.3) is 0 Å². The molecular formula is C21H29NO. The highest BCUT2D eigenvalue weighted by molar-refractivity contribution is 5.26. The van der Waals surface area contributed by atoms with Gasteiger partial charge in [0.15, 0.2) is 0 Å². The number of nitrogens with zero attached hydrogens (tertiary/aromatic N) is 1. The Hall–Kier alpha value is -1.30. The maximum absolute atomic E-state index is 11.5. The molecule has 1 atom stereocenters. The predicted octanol–water partition coefficient (Wildman–Crippen LogP) is 3.94. The van der Waals surface area contributed by atoms with Crippen molar-refractivity contribution in [3.05, 3.63) is 35.9 Å². The summed E-state index contributed by atoms with van der Waals surface area (Å²) in [4.78, 5) is 2.41. The van der Waals surface area contributed by atoms with Crippen molar-refractivity contribution in [1.82, 2.24) is 4.90 Å². The highest BCUT2D eigenvalue weighted by atomic mass is 16.3. The monoisotopic (exact) mass is 311 g/mol. The zero-order valence-electron chi connectivity index (χ0n) is 14.1. The molecule has 2 nitrogen and oxygen atoms in total. The Morgan fingerprint density at radius 3 is 2.35 bits per heavy atom. The number of aliphatic hydroxyl groups is 1. The summed E-state index contributed by atoms with van der Waals surface area (Å²) in [6.07, 6.45) is 9.20. The molecule has 1 saturated carbocycles. The second-order valence-corrected chi connectivity index (χ2v) is 7.14. The van der Waals surface area contributed by atoms with Gasteiger partial charge in [-0.1, -0.05) is 61.4 Å². The van der Waals surface area contributed by atoms with Crippen LogP contribution in [-0.4, -0.2) is 29.6 Å². The Bertz CT molecular complexity index is 532. The van der Waals surface area contributed by atoms with Gasteiger partial charge >= 0.3 is 0 Å². The SMILES string of the molecule is O[C@](CC#CCN1CCCC1)(c1ccccc1)C1CCCCC1. The Balaban J connectivity index is 1.71. The van der Waals surface area contributed by atoms with Crippen molar-refractivity contribution < 1.29 is 5.11 Å². The Morgan fingerprint density at radius 2 is 1.65 bits per heavy atom. The molecule has 1 aromatic carbocycles.